The van der Waals surface area contributed by atoms with Crippen LogP contribution in [0.4, 0.5) is 10.1 Å². The number of guanidine groups is 1. The van der Waals surface area contributed by atoms with Gasteiger partial charge in [-0.2, -0.15) is 0 Å². The van der Waals surface area contributed by atoms with Crippen molar-refractivity contribution in [2.75, 3.05) is 24.5 Å². The maximum absolute atomic E-state index is 13.3. The first-order valence-electron chi connectivity index (χ1n) is 9.82. The zero-order chi connectivity index (χ0) is 19.8. The third-order valence-electron chi connectivity index (χ3n) is 4.70. The lowest BCUT2D eigenvalue weighted by Crippen LogP contribution is -2.38. The quantitative estimate of drug-likeness (QED) is 0.439. The SMILES string of the molecule is CCNC(=NCc1cccc(F)c1)NCCCC(=O)N1CCc2ccccc21. The second-order valence-corrected chi connectivity index (χ2v) is 6.78. The molecular formula is C22H27FN4O. The molecule has 2 N–H and O–H groups in total. The highest BCUT2D eigenvalue weighted by Crippen LogP contribution is 2.27. The van der Waals surface area contributed by atoms with E-state index in [0.29, 0.717) is 25.5 Å². The predicted molar refractivity (Wildman–Crippen MR) is 111 cm³/mol. The highest BCUT2D eigenvalue weighted by molar-refractivity contribution is 5.95. The standard InChI is InChI=1S/C22H27FN4O/c1-2-24-22(26-16-17-7-5-9-19(23)15-17)25-13-6-11-21(28)27-14-12-18-8-3-4-10-20(18)27/h3-5,7-10,15H,2,6,11-14,16H2,1H3,(H2,24,25,26). The number of carbonyl (C=O) groups excluding carboxylic acids is 1. The van der Waals surface area contributed by atoms with Crippen molar-refractivity contribution in [3.8, 4) is 0 Å². The van der Waals surface area contributed by atoms with Gasteiger partial charge >= 0.3 is 0 Å². The number of hydrogen-bond donors (Lipinski definition) is 2. The summed E-state index contributed by atoms with van der Waals surface area (Å²) in [5, 5.41) is 6.42. The third-order valence-corrected chi connectivity index (χ3v) is 4.70. The van der Waals surface area contributed by atoms with Crippen molar-refractivity contribution in [1.82, 2.24) is 10.6 Å². The van der Waals surface area contributed by atoms with Crippen molar-refractivity contribution < 1.29 is 9.18 Å². The largest absolute Gasteiger partial charge is 0.357 e. The van der Waals surface area contributed by atoms with Gasteiger partial charge in [0.05, 0.1) is 6.54 Å². The average molecular weight is 382 g/mol. The molecule has 0 fully saturated rings. The maximum Gasteiger partial charge on any atom is 0.227 e. The van der Waals surface area contributed by atoms with E-state index in [-0.39, 0.29) is 11.7 Å². The van der Waals surface area contributed by atoms with Crippen LogP contribution in [-0.2, 0) is 17.8 Å². The molecular weight excluding hydrogens is 355 g/mol. The first kappa shape index (κ1) is 19.9. The minimum atomic E-state index is -0.257. The number of nitrogens with zero attached hydrogens (tertiary/aromatic N) is 2. The summed E-state index contributed by atoms with van der Waals surface area (Å²) in [6.45, 7) is 4.54. The van der Waals surface area contributed by atoms with E-state index in [9.17, 15) is 9.18 Å². The van der Waals surface area contributed by atoms with Crippen molar-refractivity contribution >= 4 is 17.6 Å². The van der Waals surface area contributed by atoms with Gasteiger partial charge in [0.15, 0.2) is 5.96 Å². The fourth-order valence-corrected chi connectivity index (χ4v) is 3.33. The highest BCUT2D eigenvalue weighted by Gasteiger charge is 2.23. The number of halogens is 1. The Labute approximate surface area is 165 Å². The zero-order valence-electron chi connectivity index (χ0n) is 16.2. The van der Waals surface area contributed by atoms with Crippen LogP contribution < -0.4 is 15.5 Å². The Balaban J connectivity index is 1.46. The molecule has 2 aromatic carbocycles. The molecule has 1 heterocycles. The van der Waals surface area contributed by atoms with E-state index in [0.717, 1.165) is 37.2 Å². The molecule has 1 aliphatic heterocycles. The molecule has 0 saturated carbocycles. The van der Waals surface area contributed by atoms with Crippen LogP contribution in [0.1, 0.15) is 30.9 Å². The van der Waals surface area contributed by atoms with Crippen LogP contribution in [0.25, 0.3) is 0 Å². The molecule has 0 atom stereocenters. The van der Waals surface area contributed by atoms with E-state index in [1.807, 2.05) is 36.1 Å². The normalized spacial score (nSPS) is 13.4. The van der Waals surface area contributed by atoms with E-state index in [1.165, 1.54) is 17.7 Å². The van der Waals surface area contributed by atoms with Gasteiger partial charge in [0, 0.05) is 31.7 Å². The van der Waals surface area contributed by atoms with Gasteiger partial charge in [0.1, 0.15) is 5.82 Å². The van der Waals surface area contributed by atoms with Crippen LogP contribution in [0, 0.1) is 5.82 Å². The van der Waals surface area contributed by atoms with E-state index >= 15 is 0 Å². The van der Waals surface area contributed by atoms with E-state index < -0.39 is 0 Å². The summed E-state index contributed by atoms with van der Waals surface area (Å²) in [6.07, 6.45) is 2.14. The lowest BCUT2D eigenvalue weighted by Gasteiger charge is -2.17. The maximum atomic E-state index is 13.3. The molecule has 0 spiro atoms. The summed E-state index contributed by atoms with van der Waals surface area (Å²) in [7, 11) is 0. The Morgan fingerprint density at radius 1 is 1.18 bits per heavy atom. The molecule has 1 aliphatic rings. The number of para-hydroxylation sites is 1. The molecule has 0 aromatic heterocycles. The molecule has 5 nitrogen and oxygen atoms in total. The van der Waals surface area contributed by atoms with Crippen molar-refractivity contribution in [3.63, 3.8) is 0 Å². The summed E-state index contributed by atoms with van der Waals surface area (Å²) in [5.74, 6) is 0.576. The predicted octanol–water partition coefficient (Wildman–Crippen LogP) is 3.25. The van der Waals surface area contributed by atoms with Crippen molar-refractivity contribution in [2.24, 2.45) is 4.99 Å². The molecule has 2 aromatic rings. The summed E-state index contributed by atoms with van der Waals surface area (Å²) >= 11 is 0. The summed E-state index contributed by atoms with van der Waals surface area (Å²) in [5.41, 5.74) is 3.11. The first-order chi connectivity index (χ1) is 13.7. The van der Waals surface area contributed by atoms with Gasteiger partial charge in [0.25, 0.3) is 0 Å². The molecule has 28 heavy (non-hydrogen) atoms. The second kappa shape index (κ2) is 9.88. The molecule has 6 heteroatoms. The smallest absolute Gasteiger partial charge is 0.227 e. The van der Waals surface area contributed by atoms with E-state index in [4.69, 9.17) is 0 Å². The van der Waals surface area contributed by atoms with Crippen LogP contribution >= 0.6 is 0 Å². The fraction of sp³-hybridized carbons (Fsp3) is 0.364. The Morgan fingerprint density at radius 3 is 2.86 bits per heavy atom. The monoisotopic (exact) mass is 382 g/mol. The summed E-state index contributed by atoms with van der Waals surface area (Å²) in [4.78, 5) is 18.9. The van der Waals surface area contributed by atoms with E-state index in [1.54, 1.807) is 6.07 Å². The number of amides is 1. The number of carbonyl (C=O) groups is 1. The minimum absolute atomic E-state index is 0.161. The molecule has 3 rings (SSSR count). The van der Waals surface area contributed by atoms with Gasteiger partial charge in [-0.3, -0.25) is 4.79 Å². The zero-order valence-corrected chi connectivity index (χ0v) is 16.2. The number of anilines is 1. The average Bonchev–Trinajstić information content (AvgIpc) is 3.13. The number of hydrogen-bond acceptors (Lipinski definition) is 2. The van der Waals surface area contributed by atoms with Gasteiger partial charge < -0.3 is 15.5 Å². The number of fused-ring (bicyclic) bond motifs is 1. The van der Waals surface area contributed by atoms with Gasteiger partial charge in [-0.1, -0.05) is 30.3 Å². The van der Waals surface area contributed by atoms with Gasteiger partial charge in [-0.15, -0.1) is 0 Å². The Bertz CT molecular complexity index is 837. The lowest BCUT2D eigenvalue weighted by atomic mass is 10.2. The molecule has 1 amide bonds. The molecule has 0 unspecified atom stereocenters. The van der Waals surface area contributed by atoms with Crippen molar-refractivity contribution in [2.45, 2.75) is 32.7 Å². The Morgan fingerprint density at radius 2 is 2.04 bits per heavy atom. The molecule has 148 valence electrons. The van der Waals surface area contributed by atoms with Crippen LogP contribution in [0.3, 0.4) is 0 Å². The van der Waals surface area contributed by atoms with Crippen LogP contribution in [0.2, 0.25) is 0 Å². The second-order valence-electron chi connectivity index (χ2n) is 6.78. The third kappa shape index (κ3) is 5.31. The van der Waals surface area contributed by atoms with Crippen LogP contribution in [-0.4, -0.2) is 31.5 Å². The van der Waals surface area contributed by atoms with E-state index in [2.05, 4.69) is 21.7 Å². The van der Waals surface area contributed by atoms with Crippen LogP contribution in [0.15, 0.2) is 53.5 Å². The fourth-order valence-electron chi connectivity index (χ4n) is 3.33. The summed E-state index contributed by atoms with van der Waals surface area (Å²) < 4.78 is 13.3. The minimum Gasteiger partial charge on any atom is -0.357 e. The van der Waals surface area contributed by atoms with Gasteiger partial charge in [-0.25, -0.2) is 9.38 Å². The number of rotatable bonds is 7. The topological polar surface area (TPSA) is 56.7 Å². The van der Waals surface area contributed by atoms with Crippen molar-refractivity contribution in [3.05, 3.63) is 65.5 Å². The Hall–Kier alpha value is -2.89. The van der Waals surface area contributed by atoms with Gasteiger partial charge in [0.2, 0.25) is 5.91 Å². The molecule has 0 bridgehead atoms. The lowest BCUT2D eigenvalue weighted by molar-refractivity contribution is -0.118. The first-order valence-corrected chi connectivity index (χ1v) is 9.82. The molecule has 0 aliphatic carbocycles. The summed E-state index contributed by atoms with van der Waals surface area (Å²) in [6, 6.07) is 14.5. The number of nitrogens with one attached hydrogen (secondary N) is 2. The highest BCUT2D eigenvalue weighted by atomic mass is 19.1. The van der Waals surface area contributed by atoms with Crippen LogP contribution in [0.5, 0.6) is 0 Å². The number of benzene rings is 2. The van der Waals surface area contributed by atoms with Gasteiger partial charge in [-0.05, 0) is 49.1 Å². The molecule has 0 saturated heterocycles. The number of aliphatic imine (C=N–C) groups is 1. The Kier molecular flexibility index (Phi) is 7.00. The molecule has 0 radical (unpaired) electrons. The van der Waals surface area contributed by atoms with Crippen molar-refractivity contribution in [1.29, 1.82) is 0 Å².